The first-order chi connectivity index (χ1) is 6.49. The second kappa shape index (κ2) is 4.32. The van der Waals surface area contributed by atoms with E-state index in [1.165, 1.54) is 19.1 Å². The molecule has 5 heteroatoms. The van der Waals surface area contributed by atoms with Crippen molar-refractivity contribution in [3.05, 3.63) is 22.7 Å². The summed E-state index contributed by atoms with van der Waals surface area (Å²) < 4.78 is 5.68. The molecule has 0 aliphatic rings. The molecule has 0 saturated heterocycles. The lowest BCUT2D eigenvalue weighted by molar-refractivity contribution is -0.144. The summed E-state index contributed by atoms with van der Waals surface area (Å²) >= 11 is 3.15. The maximum Gasteiger partial charge on any atom is 0.344 e. The number of ether oxygens (including phenoxy) is 1. The number of halogens is 1. The molecule has 1 aromatic rings. The van der Waals surface area contributed by atoms with Crippen LogP contribution in [0.15, 0.2) is 22.7 Å². The van der Waals surface area contributed by atoms with Crippen molar-refractivity contribution in [1.29, 1.82) is 0 Å². The van der Waals surface area contributed by atoms with E-state index in [0.717, 1.165) is 0 Å². The third-order valence-electron chi connectivity index (χ3n) is 1.52. The Hall–Kier alpha value is -1.23. The summed E-state index contributed by atoms with van der Waals surface area (Å²) in [6.45, 7) is 1.42. The number of rotatable bonds is 3. The van der Waals surface area contributed by atoms with Crippen LogP contribution in [-0.2, 0) is 4.79 Å². The van der Waals surface area contributed by atoms with E-state index in [2.05, 4.69) is 15.9 Å². The molecular weight excluding hydrogens is 252 g/mol. The molecule has 76 valence electrons. The average Bonchev–Trinajstić information content (AvgIpc) is 2.01. The Kier molecular flexibility index (Phi) is 3.35. The lowest BCUT2D eigenvalue weighted by Gasteiger charge is -2.10. The van der Waals surface area contributed by atoms with Gasteiger partial charge in [0.05, 0.1) is 0 Å². The van der Waals surface area contributed by atoms with Gasteiger partial charge in [-0.1, -0.05) is 15.9 Å². The van der Waals surface area contributed by atoms with E-state index >= 15 is 0 Å². The molecule has 0 radical (unpaired) electrons. The minimum atomic E-state index is -1.05. The van der Waals surface area contributed by atoms with E-state index in [4.69, 9.17) is 9.84 Å². The molecule has 0 spiro atoms. The highest BCUT2D eigenvalue weighted by molar-refractivity contribution is 9.10. The molecule has 0 bridgehead atoms. The highest BCUT2D eigenvalue weighted by Gasteiger charge is 2.12. The average molecular weight is 261 g/mol. The van der Waals surface area contributed by atoms with Crippen LogP contribution in [0, 0.1) is 0 Å². The number of carbonyl (C=O) groups is 1. The molecule has 1 aromatic carbocycles. The zero-order valence-corrected chi connectivity index (χ0v) is 8.98. The van der Waals surface area contributed by atoms with E-state index in [1.807, 2.05) is 0 Å². The van der Waals surface area contributed by atoms with Crippen LogP contribution in [0.1, 0.15) is 6.92 Å². The van der Waals surface area contributed by atoms with Crippen molar-refractivity contribution in [1.82, 2.24) is 0 Å². The van der Waals surface area contributed by atoms with Gasteiger partial charge in [-0.25, -0.2) is 4.79 Å². The molecule has 0 saturated carbocycles. The van der Waals surface area contributed by atoms with E-state index in [9.17, 15) is 9.90 Å². The minimum Gasteiger partial charge on any atom is -0.508 e. The largest absolute Gasteiger partial charge is 0.508 e. The van der Waals surface area contributed by atoms with Gasteiger partial charge in [0.25, 0.3) is 0 Å². The highest BCUT2D eigenvalue weighted by Crippen LogP contribution is 2.25. The number of benzene rings is 1. The van der Waals surface area contributed by atoms with Crippen molar-refractivity contribution >= 4 is 21.9 Å². The second-order valence-corrected chi connectivity index (χ2v) is 3.66. The summed E-state index contributed by atoms with van der Waals surface area (Å²) in [5.41, 5.74) is 0. The molecule has 0 amide bonds. The number of aromatic hydroxyl groups is 1. The standard InChI is InChI=1S/C9H9BrO4/c1-5(9(12)13)14-8-3-6(10)2-7(11)4-8/h2-5,11H,1H3,(H,12,13). The predicted octanol–water partition coefficient (Wildman–Crippen LogP) is 2.01. The Labute approximate surface area is 89.3 Å². The zero-order chi connectivity index (χ0) is 10.7. The van der Waals surface area contributed by atoms with Crippen molar-refractivity contribution in [2.24, 2.45) is 0 Å². The van der Waals surface area contributed by atoms with Gasteiger partial charge >= 0.3 is 5.97 Å². The number of carboxylic acids is 1. The molecule has 1 atom stereocenters. The van der Waals surface area contributed by atoms with Crippen LogP contribution in [0.5, 0.6) is 11.5 Å². The van der Waals surface area contributed by atoms with Gasteiger partial charge in [0.2, 0.25) is 0 Å². The predicted molar refractivity (Wildman–Crippen MR) is 53.5 cm³/mol. The van der Waals surface area contributed by atoms with E-state index in [-0.39, 0.29) is 5.75 Å². The van der Waals surface area contributed by atoms with E-state index in [1.54, 1.807) is 6.07 Å². The molecule has 4 nitrogen and oxygen atoms in total. The lowest BCUT2D eigenvalue weighted by atomic mass is 10.3. The van der Waals surface area contributed by atoms with Crippen LogP contribution in [0.4, 0.5) is 0 Å². The van der Waals surface area contributed by atoms with Crippen molar-refractivity contribution in [3.8, 4) is 11.5 Å². The van der Waals surface area contributed by atoms with Crippen molar-refractivity contribution in [3.63, 3.8) is 0 Å². The van der Waals surface area contributed by atoms with Crippen LogP contribution < -0.4 is 4.74 Å². The number of aliphatic carboxylic acids is 1. The van der Waals surface area contributed by atoms with Gasteiger partial charge in [-0.3, -0.25) is 0 Å². The molecule has 2 N–H and O–H groups in total. The van der Waals surface area contributed by atoms with Crippen LogP contribution in [0.25, 0.3) is 0 Å². The molecule has 0 aromatic heterocycles. The fraction of sp³-hybridized carbons (Fsp3) is 0.222. The summed E-state index contributed by atoms with van der Waals surface area (Å²) in [5, 5.41) is 17.8. The molecule has 0 heterocycles. The molecule has 0 fully saturated rings. The van der Waals surface area contributed by atoms with Crippen LogP contribution in [-0.4, -0.2) is 22.3 Å². The number of carboxylic acid groups (broad SMARTS) is 1. The van der Waals surface area contributed by atoms with Gasteiger partial charge in [0.1, 0.15) is 11.5 Å². The van der Waals surface area contributed by atoms with Gasteiger partial charge in [-0.2, -0.15) is 0 Å². The molecular formula is C9H9BrO4. The lowest BCUT2D eigenvalue weighted by Crippen LogP contribution is -2.22. The quantitative estimate of drug-likeness (QED) is 0.873. The first-order valence-electron chi connectivity index (χ1n) is 3.88. The Morgan fingerprint density at radius 2 is 2.14 bits per heavy atom. The Morgan fingerprint density at radius 1 is 1.50 bits per heavy atom. The summed E-state index contributed by atoms with van der Waals surface area (Å²) in [7, 11) is 0. The van der Waals surface area contributed by atoms with Crippen molar-refractivity contribution in [2.45, 2.75) is 13.0 Å². The highest BCUT2D eigenvalue weighted by atomic mass is 79.9. The molecule has 1 rings (SSSR count). The van der Waals surface area contributed by atoms with E-state index in [0.29, 0.717) is 10.2 Å². The molecule has 14 heavy (non-hydrogen) atoms. The monoisotopic (exact) mass is 260 g/mol. The summed E-state index contributed by atoms with van der Waals surface area (Å²) in [5.74, 6) is -0.719. The molecule has 0 aliphatic carbocycles. The summed E-state index contributed by atoms with van der Waals surface area (Å²) in [6, 6.07) is 4.42. The number of phenolic OH excluding ortho intramolecular Hbond substituents is 1. The Balaban J connectivity index is 2.81. The van der Waals surface area contributed by atoms with Gasteiger partial charge < -0.3 is 14.9 Å². The van der Waals surface area contributed by atoms with Crippen LogP contribution in [0.2, 0.25) is 0 Å². The fourth-order valence-electron chi connectivity index (χ4n) is 0.871. The smallest absolute Gasteiger partial charge is 0.344 e. The van der Waals surface area contributed by atoms with Gasteiger partial charge in [-0.15, -0.1) is 0 Å². The summed E-state index contributed by atoms with van der Waals surface area (Å²) in [4.78, 5) is 10.5. The Morgan fingerprint density at radius 3 is 2.64 bits per heavy atom. The van der Waals surface area contributed by atoms with Gasteiger partial charge in [0.15, 0.2) is 6.10 Å². The minimum absolute atomic E-state index is 0.0203. The Bertz CT molecular complexity index is 330. The first-order valence-corrected chi connectivity index (χ1v) is 4.67. The molecule has 1 unspecified atom stereocenters. The maximum atomic E-state index is 10.5. The summed E-state index contributed by atoms with van der Waals surface area (Å²) in [6.07, 6.45) is -0.941. The number of hydrogen-bond donors (Lipinski definition) is 2. The fourth-order valence-corrected chi connectivity index (χ4v) is 1.33. The zero-order valence-electron chi connectivity index (χ0n) is 7.40. The van der Waals surface area contributed by atoms with Gasteiger partial charge in [0, 0.05) is 10.5 Å². The topological polar surface area (TPSA) is 66.8 Å². The molecule has 0 aliphatic heterocycles. The maximum absolute atomic E-state index is 10.5. The van der Waals surface area contributed by atoms with Crippen molar-refractivity contribution in [2.75, 3.05) is 0 Å². The SMILES string of the molecule is CC(Oc1cc(O)cc(Br)c1)C(=O)O. The van der Waals surface area contributed by atoms with E-state index < -0.39 is 12.1 Å². The second-order valence-electron chi connectivity index (χ2n) is 2.74. The van der Waals surface area contributed by atoms with Crippen LogP contribution >= 0.6 is 15.9 Å². The third kappa shape index (κ3) is 2.92. The number of phenols is 1. The number of hydrogen-bond acceptors (Lipinski definition) is 3. The third-order valence-corrected chi connectivity index (χ3v) is 1.97. The van der Waals surface area contributed by atoms with Crippen molar-refractivity contribution < 1.29 is 19.7 Å². The first kappa shape index (κ1) is 10.8. The normalized spacial score (nSPS) is 12.1. The van der Waals surface area contributed by atoms with Gasteiger partial charge in [-0.05, 0) is 19.1 Å². The van der Waals surface area contributed by atoms with Crippen LogP contribution in [0.3, 0.4) is 0 Å².